The highest BCUT2D eigenvalue weighted by Gasteiger charge is 2.31. The Morgan fingerprint density at radius 3 is 2.56 bits per heavy atom. The van der Waals surface area contributed by atoms with Crippen LogP contribution >= 0.6 is 11.8 Å². The molecule has 1 aromatic carbocycles. The molecule has 3 heteroatoms. The lowest BCUT2D eigenvalue weighted by Crippen LogP contribution is -2.44. The minimum atomic E-state index is 0.574. The third kappa shape index (κ3) is 2.44. The fraction of sp³-hybridized carbons (Fsp3) is 0.600. The van der Waals surface area contributed by atoms with Gasteiger partial charge >= 0.3 is 0 Å². The average Bonchev–Trinajstić information content (AvgIpc) is 2.84. The van der Waals surface area contributed by atoms with Gasteiger partial charge in [-0.25, -0.2) is 0 Å². The van der Waals surface area contributed by atoms with Gasteiger partial charge in [0.25, 0.3) is 0 Å². The van der Waals surface area contributed by atoms with Crippen molar-refractivity contribution < 1.29 is 0 Å². The molecule has 2 nitrogen and oxygen atoms in total. The first-order valence-corrected chi connectivity index (χ1v) is 8.12. The van der Waals surface area contributed by atoms with Crippen molar-refractivity contribution in [3.05, 3.63) is 35.4 Å². The van der Waals surface area contributed by atoms with Gasteiger partial charge in [0.15, 0.2) is 0 Å². The third-order valence-electron chi connectivity index (χ3n) is 4.32. The number of nitrogens with two attached hydrogens (primary N) is 1. The summed E-state index contributed by atoms with van der Waals surface area (Å²) in [7, 11) is 0. The Balaban J connectivity index is 1.71. The smallest absolute Gasteiger partial charge is 0.0261 e. The highest BCUT2D eigenvalue weighted by atomic mass is 32.2. The molecule has 0 aliphatic carbocycles. The highest BCUT2D eigenvalue weighted by Crippen LogP contribution is 2.32. The van der Waals surface area contributed by atoms with E-state index in [1.807, 2.05) is 0 Å². The Bertz CT molecular complexity index is 376. The van der Waals surface area contributed by atoms with E-state index in [-0.39, 0.29) is 0 Å². The van der Waals surface area contributed by atoms with Gasteiger partial charge in [0.1, 0.15) is 0 Å². The van der Waals surface area contributed by atoms with Crippen LogP contribution in [0.4, 0.5) is 0 Å². The van der Waals surface area contributed by atoms with E-state index < -0.39 is 0 Å². The summed E-state index contributed by atoms with van der Waals surface area (Å²) < 4.78 is 0. The van der Waals surface area contributed by atoms with Gasteiger partial charge < -0.3 is 5.73 Å². The van der Waals surface area contributed by atoms with Crippen molar-refractivity contribution >= 4 is 11.8 Å². The standard InChI is InChI=1S/C15H22N2S/c16-8-15(14-6-3-7-18-11-14)17-9-12-4-1-2-5-13(12)10-17/h1-2,4-5,14-15H,3,6-11,16H2. The molecule has 1 aromatic rings. The number of benzene rings is 1. The van der Waals surface area contributed by atoms with Gasteiger partial charge in [-0.3, -0.25) is 4.90 Å². The van der Waals surface area contributed by atoms with Gasteiger partial charge in [-0.1, -0.05) is 24.3 Å². The van der Waals surface area contributed by atoms with Crippen LogP contribution in [0.15, 0.2) is 24.3 Å². The maximum atomic E-state index is 6.07. The minimum Gasteiger partial charge on any atom is -0.329 e. The van der Waals surface area contributed by atoms with E-state index in [1.165, 1.54) is 35.5 Å². The first-order chi connectivity index (χ1) is 8.88. The molecule has 3 rings (SSSR count). The summed E-state index contributed by atoms with van der Waals surface area (Å²) in [6, 6.07) is 9.40. The van der Waals surface area contributed by atoms with Crippen LogP contribution in [0.2, 0.25) is 0 Å². The van der Waals surface area contributed by atoms with E-state index in [2.05, 4.69) is 40.9 Å². The van der Waals surface area contributed by atoms with E-state index in [9.17, 15) is 0 Å². The summed E-state index contributed by atoms with van der Waals surface area (Å²) >= 11 is 2.11. The van der Waals surface area contributed by atoms with Crippen LogP contribution in [0.25, 0.3) is 0 Å². The Morgan fingerprint density at radius 2 is 2.00 bits per heavy atom. The summed E-state index contributed by atoms with van der Waals surface area (Å²) in [5.74, 6) is 3.44. The fourth-order valence-electron chi connectivity index (χ4n) is 3.30. The van der Waals surface area contributed by atoms with E-state index in [1.54, 1.807) is 0 Å². The van der Waals surface area contributed by atoms with Crippen molar-refractivity contribution in [2.45, 2.75) is 32.0 Å². The first-order valence-electron chi connectivity index (χ1n) is 6.97. The summed E-state index contributed by atoms with van der Waals surface area (Å²) in [6.45, 7) is 3.00. The van der Waals surface area contributed by atoms with E-state index in [0.717, 1.165) is 25.6 Å². The zero-order valence-electron chi connectivity index (χ0n) is 10.8. The van der Waals surface area contributed by atoms with Crippen molar-refractivity contribution in [2.24, 2.45) is 11.7 Å². The van der Waals surface area contributed by atoms with Crippen molar-refractivity contribution in [3.8, 4) is 0 Å². The molecule has 2 heterocycles. The Kier molecular flexibility index (Phi) is 3.92. The lowest BCUT2D eigenvalue weighted by molar-refractivity contribution is 0.148. The van der Waals surface area contributed by atoms with Gasteiger partial charge in [-0.05, 0) is 41.4 Å². The summed E-state index contributed by atoms with van der Waals surface area (Å²) in [6.07, 6.45) is 2.73. The summed E-state index contributed by atoms with van der Waals surface area (Å²) in [5.41, 5.74) is 9.07. The molecule has 2 unspecified atom stereocenters. The molecule has 0 radical (unpaired) electrons. The van der Waals surface area contributed by atoms with Gasteiger partial charge in [0.05, 0.1) is 0 Å². The van der Waals surface area contributed by atoms with Crippen LogP contribution < -0.4 is 5.73 Å². The van der Waals surface area contributed by atoms with Crippen LogP contribution in [0.1, 0.15) is 24.0 Å². The topological polar surface area (TPSA) is 29.3 Å². The van der Waals surface area contributed by atoms with Gasteiger partial charge in [-0.2, -0.15) is 11.8 Å². The SMILES string of the molecule is NCC(C1CCCSC1)N1Cc2ccccc2C1. The van der Waals surface area contributed by atoms with Crippen LogP contribution in [0, 0.1) is 5.92 Å². The molecule has 2 aliphatic heterocycles. The molecule has 2 aliphatic rings. The predicted octanol–water partition coefficient (Wildman–Crippen LogP) is 2.47. The lowest BCUT2D eigenvalue weighted by Gasteiger charge is -2.35. The Labute approximate surface area is 114 Å². The molecule has 0 bridgehead atoms. The largest absolute Gasteiger partial charge is 0.329 e. The number of hydrogen-bond donors (Lipinski definition) is 1. The van der Waals surface area contributed by atoms with Crippen LogP contribution in [0.3, 0.4) is 0 Å². The molecule has 0 aromatic heterocycles. The fourth-order valence-corrected chi connectivity index (χ4v) is 4.53. The van der Waals surface area contributed by atoms with Crippen LogP contribution in [-0.2, 0) is 13.1 Å². The van der Waals surface area contributed by atoms with Gasteiger partial charge in [0.2, 0.25) is 0 Å². The summed E-state index contributed by atoms with van der Waals surface area (Å²) in [4.78, 5) is 2.60. The number of fused-ring (bicyclic) bond motifs is 1. The van der Waals surface area contributed by atoms with Gasteiger partial charge in [-0.15, -0.1) is 0 Å². The summed E-state index contributed by atoms with van der Waals surface area (Å²) in [5, 5.41) is 0. The van der Waals surface area contributed by atoms with Crippen molar-refractivity contribution in [1.29, 1.82) is 0 Å². The minimum absolute atomic E-state index is 0.574. The monoisotopic (exact) mass is 262 g/mol. The molecule has 98 valence electrons. The van der Waals surface area contributed by atoms with Crippen LogP contribution in [-0.4, -0.2) is 29.0 Å². The molecule has 0 amide bonds. The Morgan fingerprint density at radius 1 is 1.28 bits per heavy atom. The number of thioether (sulfide) groups is 1. The molecule has 2 atom stereocenters. The molecule has 2 N–H and O–H groups in total. The zero-order chi connectivity index (χ0) is 12.4. The van der Waals surface area contributed by atoms with Gasteiger partial charge in [0, 0.05) is 25.7 Å². The molecule has 1 fully saturated rings. The first kappa shape index (κ1) is 12.5. The zero-order valence-corrected chi connectivity index (χ0v) is 11.7. The normalized spacial score (nSPS) is 25.9. The maximum absolute atomic E-state index is 6.07. The van der Waals surface area contributed by atoms with Crippen molar-refractivity contribution in [2.75, 3.05) is 18.1 Å². The second-order valence-electron chi connectivity index (χ2n) is 5.45. The van der Waals surface area contributed by atoms with Crippen LogP contribution in [0.5, 0.6) is 0 Å². The Hall–Kier alpha value is -0.510. The van der Waals surface area contributed by atoms with E-state index >= 15 is 0 Å². The molecular formula is C15H22N2S. The quantitative estimate of drug-likeness (QED) is 0.907. The maximum Gasteiger partial charge on any atom is 0.0261 e. The second-order valence-corrected chi connectivity index (χ2v) is 6.60. The number of hydrogen-bond acceptors (Lipinski definition) is 3. The molecule has 0 spiro atoms. The third-order valence-corrected chi connectivity index (χ3v) is 5.56. The molecule has 0 saturated carbocycles. The highest BCUT2D eigenvalue weighted by molar-refractivity contribution is 7.99. The predicted molar refractivity (Wildman–Crippen MR) is 78.6 cm³/mol. The second kappa shape index (κ2) is 5.64. The molecule has 18 heavy (non-hydrogen) atoms. The molecular weight excluding hydrogens is 240 g/mol. The van der Waals surface area contributed by atoms with E-state index in [0.29, 0.717) is 6.04 Å². The lowest BCUT2D eigenvalue weighted by atomic mass is 9.95. The molecule has 1 saturated heterocycles. The number of nitrogens with zero attached hydrogens (tertiary/aromatic N) is 1. The average molecular weight is 262 g/mol. The number of rotatable bonds is 3. The van der Waals surface area contributed by atoms with Crippen molar-refractivity contribution in [3.63, 3.8) is 0 Å². The van der Waals surface area contributed by atoms with Crippen molar-refractivity contribution in [1.82, 2.24) is 4.90 Å². The van der Waals surface area contributed by atoms with E-state index in [4.69, 9.17) is 5.73 Å².